The van der Waals surface area contributed by atoms with Crippen LogP contribution in [0.3, 0.4) is 0 Å². The van der Waals surface area contributed by atoms with Gasteiger partial charge >= 0.3 is 6.03 Å². The Morgan fingerprint density at radius 2 is 1.90 bits per heavy atom. The summed E-state index contributed by atoms with van der Waals surface area (Å²) in [5.74, 6) is -0.345. The number of rotatable bonds is 8. The minimum Gasteiger partial charge on any atom is -0.379 e. The van der Waals surface area contributed by atoms with Crippen LogP contribution in [0.5, 0.6) is 0 Å². The van der Waals surface area contributed by atoms with Gasteiger partial charge in [-0.1, -0.05) is 36.4 Å². The highest BCUT2D eigenvalue weighted by Gasteiger charge is 2.25. The van der Waals surface area contributed by atoms with Gasteiger partial charge in [0, 0.05) is 31.1 Å². The number of hydrogen-bond acceptors (Lipinski definition) is 6. The summed E-state index contributed by atoms with van der Waals surface area (Å²) in [6.07, 6.45) is 0. The lowest BCUT2D eigenvalue weighted by Gasteiger charge is -2.34. The van der Waals surface area contributed by atoms with E-state index in [0.29, 0.717) is 13.1 Å². The second-order valence-electron chi connectivity index (χ2n) is 6.97. The molecule has 0 spiro atoms. The van der Waals surface area contributed by atoms with Crippen LogP contribution in [0, 0.1) is 0 Å². The smallest absolute Gasteiger partial charge is 0.321 e. The van der Waals surface area contributed by atoms with Gasteiger partial charge in [0.1, 0.15) is 0 Å². The molecule has 8 heteroatoms. The molecule has 3 rings (SSSR count). The molecule has 0 saturated carbocycles. The summed E-state index contributed by atoms with van der Waals surface area (Å²) >= 11 is 1.71. The van der Waals surface area contributed by atoms with Crippen molar-refractivity contribution in [3.63, 3.8) is 0 Å². The highest BCUT2D eigenvalue weighted by molar-refractivity contribution is 7.10. The minimum absolute atomic E-state index is 0.182. The van der Waals surface area contributed by atoms with E-state index in [4.69, 9.17) is 4.74 Å². The zero-order chi connectivity index (χ0) is 20.5. The van der Waals surface area contributed by atoms with E-state index in [1.165, 1.54) is 4.88 Å². The van der Waals surface area contributed by atoms with Gasteiger partial charge in [0.15, 0.2) is 0 Å². The van der Waals surface area contributed by atoms with E-state index >= 15 is 0 Å². The fraction of sp³-hybridized carbons (Fsp3) is 0.429. The lowest BCUT2D eigenvalue weighted by Crippen LogP contribution is -2.50. The van der Waals surface area contributed by atoms with E-state index in [9.17, 15) is 9.59 Å². The summed E-state index contributed by atoms with van der Waals surface area (Å²) in [4.78, 5) is 28.0. The second-order valence-corrected chi connectivity index (χ2v) is 7.95. The number of morpholine rings is 1. The third-order valence-corrected chi connectivity index (χ3v) is 5.87. The van der Waals surface area contributed by atoms with Gasteiger partial charge in [-0.15, -0.1) is 11.3 Å². The van der Waals surface area contributed by atoms with Crippen molar-refractivity contribution < 1.29 is 14.3 Å². The van der Waals surface area contributed by atoms with Gasteiger partial charge in [0.25, 0.3) is 0 Å². The highest BCUT2D eigenvalue weighted by Crippen LogP contribution is 2.25. The van der Waals surface area contributed by atoms with Crippen LogP contribution in [-0.4, -0.2) is 55.7 Å². The molecule has 156 valence electrons. The van der Waals surface area contributed by atoms with Crippen LogP contribution in [0.1, 0.15) is 23.4 Å². The fourth-order valence-electron chi connectivity index (χ4n) is 3.20. The number of ether oxygens (including phenoxy) is 1. The molecule has 29 heavy (non-hydrogen) atoms. The average molecular weight is 417 g/mol. The monoisotopic (exact) mass is 416 g/mol. The Bertz CT molecular complexity index is 763. The van der Waals surface area contributed by atoms with Gasteiger partial charge in [-0.05, 0) is 23.9 Å². The number of benzene rings is 1. The van der Waals surface area contributed by atoms with E-state index in [1.807, 2.05) is 36.4 Å². The van der Waals surface area contributed by atoms with Crippen LogP contribution in [0.4, 0.5) is 4.79 Å². The van der Waals surface area contributed by atoms with Crippen molar-refractivity contribution in [3.8, 4) is 0 Å². The SMILES string of the molecule is CC(NCC(c1cccs1)N1CCOCC1)C(=O)NC(=O)NCc1ccccc1. The van der Waals surface area contributed by atoms with E-state index in [-0.39, 0.29) is 11.9 Å². The molecule has 1 fully saturated rings. The summed E-state index contributed by atoms with van der Waals surface area (Å²) in [7, 11) is 0. The van der Waals surface area contributed by atoms with Crippen molar-refractivity contribution in [3.05, 3.63) is 58.3 Å². The lowest BCUT2D eigenvalue weighted by atomic mass is 10.1. The fourth-order valence-corrected chi connectivity index (χ4v) is 4.06. The number of thiophene rings is 1. The zero-order valence-electron chi connectivity index (χ0n) is 16.6. The average Bonchev–Trinajstić information content (AvgIpc) is 3.28. The van der Waals surface area contributed by atoms with E-state index < -0.39 is 12.1 Å². The molecular weight excluding hydrogens is 388 g/mol. The Balaban J connectivity index is 1.46. The van der Waals surface area contributed by atoms with Gasteiger partial charge in [0.05, 0.1) is 25.3 Å². The first-order chi connectivity index (χ1) is 14.1. The topological polar surface area (TPSA) is 82.7 Å². The molecule has 2 heterocycles. The maximum absolute atomic E-state index is 12.4. The minimum atomic E-state index is -0.490. The van der Waals surface area contributed by atoms with Crippen molar-refractivity contribution in [1.82, 2.24) is 20.9 Å². The van der Waals surface area contributed by atoms with Crippen molar-refractivity contribution in [2.75, 3.05) is 32.8 Å². The number of carbonyl (C=O) groups is 2. The highest BCUT2D eigenvalue weighted by atomic mass is 32.1. The van der Waals surface area contributed by atoms with Gasteiger partial charge < -0.3 is 15.4 Å². The first-order valence-electron chi connectivity index (χ1n) is 9.84. The third-order valence-electron chi connectivity index (χ3n) is 4.90. The van der Waals surface area contributed by atoms with E-state index in [2.05, 4.69) is 32.3 Å². The molecule has 1 saturated heterocycles. The molecule has 7 nitrogen and oxygen atoms in total. The number of carbonyl (C=O) groups excluding carboxylic acids is 2. The Hall–Kier alpha value is -2.26. The number of imide groups is 1. The predicted molar refractivity (Wildman–Crippen MR) is 114 cm³/mol. The van der Waals surface area contributed by atoms with E-state index in [0.717, 1.165) is 31.9 Å². The van der Waals surface area contributed by atoms with Crippen molar-refractivity contribution in [2.24, 2.45) is 0 Å². The number of hydrogen-bond donors (Lipinski definition) is 3. The molecule has 0 radical (unpaired) electrons. The Morgan fingerprint density at radius 1 is 1.14 bits per heavy atom. The molecule has 0 aliphatic carbocycles. The molecule has 1 aliphatic heterocycles. The molecule has 2 atom stereocenters. The van der Waals surface area contributed by atoms with Gasteiger partial charge in [-0.3, -0.25) is 15.0 Å². The molecule has 1 aromatic carbocycles. The summed E-state index contributed by atoms with van der Waals surface area (Å²) in [5.41, 5.74) is 0.977. The predicted octanol–water partition coefficient (Wildman–Crippen LogP) is 2.13. The quantitative estimate of drug-likeness (QED) is 0.614. The standard InChI is InChI=1S/C21H28N4O3S/c1-16(20(26)24-21(27)23-14-17-6-3-2-4-7-17)22-15-18(19-8-5-13-29-19)25-9-11-28-12-10-25/h2-8,13,16,18,22H,9-12,14-15H2,1H3,(H2,23,24,26,27). The van der Waals surface area contributed by atoms with Gasteiger partial charge in [-0.2, -0.15) is 0 Å². The summed E-state index contributed by atoms with van der Waals surface area (Å²) in [5, 5.41) is 10.5. The van der Waals surface area contributed by atoms with Gasteiger partial charge in [0.2, 0.25) is 5.91 Å². The zero-order valence-corrected chi connectivity index (χ0v) is 17.4. The summed E-state index contributed by atoms with van der Waals surface area (Å²) in [6, 6.07) is 12.9. The lowest BCUT2D eigenvalue weighted by molar-refractivity contribution is -0.121. The van der Waals surface area contributed by atoms with Crippen LogP contribution in [-0.2, 0) is 16.1 Å². The largest absolute Gasteiger partial charge is 0.379 e. The molecule has 1 aliphatic rings. The summed E-state index contributed by atoms with van der Waals surface area (Å²) in [6.45, 7) is 5.95. The maximum atomic E-state index is 12.4. The third kappa shape index (κ3) is 6.64. The van der Waals surface area contributed by atoms with Crippen LogP contribution < -0.4 is 16.0 Å². The number of nitrogens with zero attached hydrogens (tertiary/aromatic N) is 1. The summed E-state index contributed by atoms with van der Waals surface area (Å²) < 4.78 is 5.46. The molecule has 2 unspecified atom stereocenters. The van der Waals surface area contributed by atoms with Crippen LogP contribution in [0.2, 0.25) is 0 Å². The Morgan fingerprint density at radius 3 is 2.59 bits per heavy atom. The van der Waals surface area contributed by atoms with Crippen molar-refractivity contribution in [1.29, 1.82) is 0 Å². The Labute approximate surface area is 175 Å². The Kier molecular flexibility index (Phi) is 8.18. The molecule has 0 bridgehead atoms. The molecule has 1 aromatic heterocycles. The maximum Gasteiger partial charge on any atom is 0.321 e. The van der Waals surface area contributed by atoms with Crippen LogP contribution in [0.15, 0.2) is 47.8 Å². The number of nitrogens with one attached hydrogen (secondary N) is 3. The first-order valence-corrected chi connectivity index (χ1v) is 10.7. The second kappa shape index (κ2) is 11.1. The molecule has 3 amide bonds. The molecule has 2 aromatic rings. The molecular formula is C21H28N4O3S. The van der Waals surface area contributed by atoms with E-state index in [1.54, 1.807) is 18.3 Å². The van der Waals surface area contributed by atoms with Crippen LogP contribution >= 0.6 is 11.3 Å². The number of urea groups is 1. The van der Waals surface area contributed by atoms with Crippen molar-refractivity contribution >= 4 is 23.3 Å². The normalized spacial score (nSPS) is 16.7. The van der Waals surface area contributed by atoms with Gasteiger partial charge in [-0.25, -0.2) is 4.79 Å². The molecule has 3 N–H and O–H groups in total. The van der Waals surface area contributed by atoms with Crippen molar-refractivity contribution in [2.45, 2.75) is 25.6 Å². The first kappa shape index (κ1) is 21.4. The van der Waals surface area contributed by atoms with Crippen LogP contribution in [0.25, 0.3) is 0 Å². The number of amides is 3.